The monoisotopic (exact) mass is 286 g/mol. The molecule has 1 saturated heterocycles. The highest BCUT2D eigenvalue weighted by atomic mass is 35.5. The number of hydrogen-bond donors (Lipinski definition) is 2. The van der Waals surface area contributed by atoms with Crippen molar-refractivity contribution in [3.05, 3.63) is 0 Å². The van der Waals surface area contributed by atoms with Crippen molar-refractivity contribution in [2.45, 2.75) is 53.0 Å². The maximum atomic E-state index is 12.4. The first-order chi connectivity index (χ1) is 8.31. The zero-order valence-corrected chi connectivity index (χ0v) is 13.3. The lowest BCUT2D eigenvalue weighted by molar-refractivity contribution is -0.123. The highest BCUT2D eigenvalue weighted by Gasteiger charge is 2.67. The quantitative estimate of drug-likeness (QED) is 0.818. The number of rotatable bonds is 2. The van der Waals surface area contributed by atoms with Gasteiger partial charge in [0, 0.05) is 12.0 Å². The van der Waals surface area contributed by atoms with Gasteiger partial charge in [-0.2, -0.15) is 0 Å². The molecule has 1 atom stereocenters. The van der Waals surface area contributed by atoms with Crippen molar-refractivity contribution < 1.29 is 4.79 Å². The van der Waals surface area contributed by atoms with Crippen LogP contribution in [0.4, 0.5) is 0 Å². The highest BCUT2D eigenvalue weighted by molar-refractivity contribution is 5.85. The smallest absolute Gasteiger partial charge is 0.223 e. The molecule has 3 aliphatic rings. The lowest BCUT2D eigenvalue weighted by atomic mass is 9.92. The Hall–Kier alpha value is -0.280. The molecule has 1 spiro atoms. The van der Waals surface area contributed by atoms with Crippen LogP contribution >= 0.6 is 12.4 Å². The molecular weight excluding hydrogens is 260 g/mol. The van der Waals surface area contributed by atoms with Crippen LogP contribution in [0, 0.1) is 22.2 Å². The molecule has 2 aliphatic carbocycles. The first-order valence-corrected chi connectivity index (χ1v) is 7.32. The molecule has 3 nitrogen and oxygen atoms in total. The van der Waals surface area contributed by atoms with Crippen molar-refractivity contribution in [2.24, 2.45) is 22.2 Å². The summed E-state index contributed by atoms with van der Waals surface area (Å²) in [5.74, 6) is 0.618. The van der Waals surface area contributed by atoms with Gasteiger partial charge in [-0.3, -0.25) is 4.79 Å². The summed E-state index contributed by atoms with van der Waals surface area (Å²) in [5, 5.41) is 6.70. The van der Waals surface area contributed by atoms with Crippen LogP contribution in [-0.2, 0) is 4.79 Å². The summed E-state index contributed by atoms with van der Waals surface area (Å²) in [6.45, 7) is 11.2. The van der Waals surface area contributed by atoms with E-state index in [-0.39, 0.29) is 23.2 Å². The van der Waals surface area contributed by atoms with Crippen molar-refractivity contribution in [3.8, 4) is 0 Å². The summed E-state index contributed by atoms with van der Waals surface area (Å²) in [7, 11) is 0. The second kappa shape index (κ2) is 4.36. The molecule has 4 heteroatoms. The van der Waals surface area contributed by atoms with Gasteiger partial charge < -0.3 is 10.6 Å². The van der Waals surface area contributed by atoms with Gasteiger partial charge in [0.2, 0.25) is 5.91 Å². The molecule has 1 aliphatic heterocycles. The van der Waals surface area contributed by atoms with Gasteiger partial charge in [-0.25, -0.2) is 0 Å². The van der Waals surface area contributed by atoms with E-state index >= 15 is 0 Å². The van der Waals surface area contributed by atoms with E-state index in [1.807, 2.05) is 0 Å². The van der Waals surface area contributed by atoms with Gasteiger partial charge in [-0.05, 0) is 48.6 Å². The summed E-state index contributed by atoms with van der Waals surface area (Å²) >= 11 is 0. The van der Waals surface area contributed by atoms with Crippen LogP contribution in [0.15, 0.2) is 0 Å². The first-order valence-electron chi connectivity index (χ1n) is 7.32. The minimum absolute atomic E-state index is 0. The summed E-state index contributed by atoms with van der Waals surface area (Å²) in [6, 6.07) is 0.358. The Morgan fingerprint density at radius 3 is 2.11 bits per heavy atom. The molecular formula is C15H27ClN2O. The molecule has 3 rings (SSSR count). The van der Waals surface area contributed by atoms with E-state index < -0.39 is 0 Å². The second-order valence-corrected chi connectivity index (χ2v) is 7.75. The number of halogens is 1. The molecule has 1 heterocycles. The maximum Gasteiger partial charge on any atom is 0.223 e. The fraction of sp³-hybridized carbons (Fsp3) is 0.933. The van der Waals surface area contributed by atoms with Gasteiger partial charge in [-0.15, -0.1) is 12.4 Å². The SMILES string of the molecule is CC1(C)C(NC(=O)C2CC23CCNCC3)C1(C)C.Cl. The number of carbonyl (C=O) groups is 1. The van der Waals surface area contributed by atoms with Crippen LogP contribution in [0.2, 0.25) is 0 Å². The lowest BCUT2D eigenvalue weighted by Gasteiger charge is -2.23. The van der Waals surface area contributed by atoms with Crippen LogP contribution in [0.5, 0.6) is 0 Å². The van der Waals surface area contributed by atoms with Gasteiger partial charge in [-0.1, -0.05) is 27.7 Å². The minimum Gasteiger partial charge on any atom is -0.352 e. The fourth-order valence-corrected chi connectivity index (χ4v) is 4.00. The highest BCUT2D eigenvalue weighted by Crippen LogP contribution is 2.64. The fourth-order valence-electron chi connectivity index (χ4n) is 4.00. The van der Waals surface area contributed by atoms with Crippen molar-refractivity contribution in [1.29, 1.82) is 0 Å². The molecule has 0 aromatic rings. The number of piperidine rings is 1. The third kappa shape index (κ3) is 2.09. The van der Waals surface area contributed by atoms with Gasteiger partial charge in [0.05, 0.1) is 0 Å². The lowest BCUT2D eigenvalue weighted by Crippen LogP contribution is -2.36. The molecule has 1 unspecified atom stereocenters. The third-order valence-electron chi connectivity index (χ3n) is 6.41. The summed E-state index contributed by atoms with van der Waals surface area (Å²) in [6.07, 6.45) is 3.49. The standard InChI is InChI=1S/C15H26N2O.ClH/c1-13(2)12(14(13,3)4)17-11(18)10-9-15(10)5-7-16-8-6-15;/h10,12,16H,5-9H2,1-4H3,(H,17,18);1H. The Morgan fingerprint density at radius 2 is 1.63 bits per heavy atom. The number of nitrogens with one attached hydrogen (secondary N) is 2. The van der Waals surface area contributed by atoms with Gasteiger partial charge in [0.25, 0.3) is 0 Å². The Balaban J connectivity index is 0.00000133. The zero-order valence-electron chi connectivity index (χ0n) is 12.5. The average Bonchev–Trinajstić information content (AvgIpc) is 3.09. The Bertz CT molecular complexity index is 372. The molecule has 0 bridgehead atoms. The Labute approximate surface area is 122 Å². The molecule has 0 radical (unpaired) electrons. The Morgan fingerprint density at radius 1 is 1.11 bits per heavy atom. The van der Waals surface area contributed by atoms with Crippen molar-refractivity contribution in [2.75, 3.05) is 13.1 Å². The normalized spacial score (nSPS) is 33.4. The molecule has 0 aromatic heterocycles. The molecule has 110 valence electrons. The van der Waals surface area contributed by atoms with E-state index in [4.69, 9.17) is 0 Å². The van der Waals surface area contributed by atoms with Crippen molar-refractivity contribution in [1.82, 2.24) is 10.6 Å². The maximum absolute atomic E-state index is 12.4. The molecule has 0 aromatic carbocycles. The van der Waals surface area contributed by atoms with E-state index in [9.17, 15) is 4.79 Å². The molecule has 1 amide bonds. The number of carbonyl (C=O) groups excluding carboxylic acids is 1. The molecule has 3 fully saturated rings. The predicted octanol–water partition coefficient (Wildman–Crippen LogP) is 2.35. The van der Waals surface area contributed by atoms with E-state index in [1.165, 1.54) is 12.8 Å². The summed E-state index contributed by atoms with van der Waals surface area (Å²) < 4.78 is 0. The largest absolute Gasteiger partial charge is 0.352 e. The van der Waals surface area contributed by atoms with Crippen molar-refractivity contribution >= 4 is 18.3 Å². The van der Waals surface area contributed by atoms with E-state index in [2.05, 4.69) is 38.3 Å². The molecule has 19 heavy (non-hydrogen) atoms. The number of amides is 1. The van der Waals surface area contributed by atoms with Crippen molar-refractivity contribution in [3.63, 3.8) is 0 Å². The van der Waals surface area contributed by atoms with Crippen LogP contribution in [0.3, 0.4) is 0 Å². The number of hydrogen-bond acceptors (Lipinski definition) is 2. The van der Waals surface area contributed by atoms with Gasteiger partial charge in [0.1, 0.15) is 0 Å². The molecule has 2 saturated carbocycles. The third-order valence-corrected chi connectivity index (χ3v) is 6.41. The summed E-state index contributed by atoms with van der Waals surface area (Å²) in [5.41, 5.74) is 0.857. The van der Waals surface area contributed by atoms with Crippen LogP contribution in [0.25, 0.3) is 0 Å². The van der Waals surface area contributed by atoms with Crippen LogP contribution in [0.1, 0.15) is 47.0 Å². The van der Waals surface area contributed by atoms with Crippen LogP contribution < -0.4 is 10.6 Å². The van der Waals surface area contributed by atoms with E-state index in [1.54, 1.807) is 0 Å². The summed E-state index contributed by atoms with van der Waals surface area (Å²) in [4.78, 5) is 12.4. The first kappa shape index (κ1) is 15.1. The second-order valence-electron chi connectivity index (χ2n) is 7.75. The zero-order chi connectivity index (χ0) is 13.2. The van der Waals surface area contributed by atoms with Gasteiger partial charge >= 0.3 is 0 Å². The molecule has 2 N–H and O–H groups in total. The predicted molar refractivity (Wildman–Crippen MR) is 79.4 cm³/mol. The van der Waals surface area contributed by atoms with E-state index in [0.717, 1.165) is 19.5 Å². The van der Waals surface area contributed by atoms with E-state index in [0.29, 0.717) is 23.3 Å². The van der Waals surface area contributed by atoms with Gasteiger partial charge in [0.15, 0.2) is 0 Å². The minimum atomic E-state index is 0. The topological polar surface area (TPSA) is 41.1 Å². The average molecular weight is 287 g/mol. The van der Waals surface area contributed by atoms with Crippen LogP contribution in [-0.4, -0.2) is 25.0 Å². The Kier molecular flexibility index (Phi) is 3.47.